The molecule has 1 fully saturated rings. The maximum atomic E-state index is 4.84. The first-order valence-electron chi connectivity index (χ1n) is 9.32. The third-order valence-electron chi connectivity index (χ3n) is 5.06. The van der Waals surface area contributed by atoms with Crippen LogP contribution in [0.3, 0.4) is 0 Å². The molecule has 0 saturated heterocycles. The molecule has 6 heteroatoms. The van der Waals surface area contributed by atoms with Gasteiger partial charge < -0.3 is 4.57 Å². The second-order valence-corrected chi connectivity index (χ2v) is 8.61. The molecule has 0 bridgehead atoms. The Balaban J connectivity index is 1.47. The molecule has 0 amide bonds. The fraction of sp³-hybridized carbons (Fsp3) is 0.450. The van der Waals surface area contributed by atoms with Crippen LogP contribution < -0.4 is 0 Å². The number of rotatable bonds is 6. The fourth-order valence-corrected chi connectivity index (χ4v) is 5.56. The van der Waals surface area contributed by atoms with Gasteiger partial charge in [-0.1, -0.05) is 48.9 Å². The monoisotopic (exact) mass is 384 g/mol. The first-order valence-corrected chi connectivity index (χ1v) is 11.2. The molecule has 0 spiro atoms. The summed E-state index contributed by atoms with van der Waals surface area (Å²) < 4.78 is 2.30. The molecule has 2 aromatic heterocycles. The van der Waals surface area contributed by atoms with Crippen molar-refractivity contribution in [3.8, 4) is 10.6 Å². The van der Waals surface area contributed by atoms with Crippen molar-refractivity contribution in [2.24, 2.45) is 0 Å². The minimum Gasteiger partial charge on any atom is -0.306 e. The predicted octanol–water partition coefficient (Wildman–Crippen LogP) is 5.68. The minimum atomic E-state index is 0.601. The number of aryl methyl sites for hydroxylation is 1. The number of thiazole rings is 1. The summed E-state index contributed by atoms with van der Waals surface area (Å²) in [4.78, 5) is 4.84. The molecule has 1 aromatic carbocycles. The van der Waals surface area contributed by atoms with E-state index < -0.39 is 0 Å². The van der Waals surface area contributed by atoms with E-state index >= 15 is 0 Å². The number of hydrogen-bond acceptors (Lipinski definition) is 5. The summed E-state index contributed by atoms with van der Waals surface area (Å²) in [6, 6.07) is 8.43. The molecule has 2 heterocycles. The summed E-state index contributed by atoms with van der Waals surface area (Å²) in [6.07, 6.45) is 5.16. The van der Waals surface area contributed by atoms with Crippen molar-refractivity contribution in [1.29, 1.82) is 0 Å². The summed E-state index contributed by atoms with van der Waals surface area (Å²) in [6.45, 7) is 5.26. The van der Waals surface area contributed by atoms with Gasteiger partial charge in [0.05, 0.1) is 5.69 Å². The van der Waals surface area contributed by atoms with Crippen LogP contribution in [0, 0.1) is 6.92 Å². The highest BCUT2D eigenvalue weighted by Gasteiger charge is 2.24. The molecule has 0 unspecified atom stereocenters. The second kappa shape index (κ2) is 7.92. The van der Waals surface area contributed by atoms with Gasteiger partial charge in [-0.05, 0) is 32.3 Å². The molecule has 4 nitrogen and oxygen atoms in total. The third-order valence-corrected chi connectivity index (χ3v) is 6.98. The zero-order valence-electron chi connectivity index (χ0n) is 15.3. The average Bonchev–Trinajstić information content (AvgIpc) is 3.39. The van der Waals surface area contributed by atoms with Gasteiger partial charge in [0.2, 0.25) is 0 Å². The van der Waals surface area contributed by atoms with Crippen molar-refractivity contribution in [3.05, 3.63) is 46.7 Å². The molecular weight excluding hydrogens is 360 g/mol. The quantitative estimate of drug-likeness (QED) is 0.513. The Morgan fingerprint density at radius 2 is 2.00 bits per heavy atom. The van der Waals surface area contributed by atoms with Crippen LogP contribution in [0.15, 0.2) is 34.8 Å². The molecule has 1 aliphatic carbocycles. The number of hydrogen-bond donors (Lipinski definition) is 0. The maximum Gasteiger partial charge on any atom is 0.191 e. The van der Waals surface area contributed by atoms with Gasteiger partial charge in [0.15, 0.2) is 5.16 Å². The molecule has 26 heavy (non-hydrogen) atoms. The Bertz CT molecular complexity index is 878. The van der Waals surface area contributed by atoms with E-state index in [-0.39, 0.29) is 0 Å². The summed E-state index contributed by atoms with van der Waals surface area (Å²) in [7, 11) is 0. The molecule has 3 aromatic rings. The number of aromatic nitrogens is 4. The van der Waals surface area contributed by atoms with E-state index in [1.54, 1.807) is 23.1 Å². The summed E-state index contributed by atoms with van der Waals surface area (Å²) in [5.41, 5.74) is 3.62. The van der Waals surface area contributed by atoms with Crippen molar-refractivity contribution >= 4 is 23.1 Å². The smallest absolute Gasteiger partial charge is 0.191 e. The summed E-state index contributed by atoms with van der Waals surface area (Å²) in [5, 5.41) is 13.3. The number of benzene rings is 1. The first kappa shape index (κ1) is 17.7. The average molecular weight is 385 g/mol. The Hall–Kier alpha value is -1.66. The molecule has 0 N–H and O–H groups in total. The van der Waals surface area contributed by atoms with Crippen LogP contribution in [0.1, 0.15) is 55.6 Å². The van der Waals surface area contributed by atoms with Gasteiger partial charge in [-0.25, -0.2) is 4.98 Å². The highest BCUT2D eigenvalue weighted by molar-refractivity contribution is 7.98. The SMILES string of the molecule is CCn1c(SCc2csc(-c3ccccc3C)n2)nnc1C1CCCC1. The predicted molar refractivity (Wildman–Crippen MR) is 109 cm³/mol. The van der Waals surface area contributed by atoms with Gasteiger partial charge in [-0.2, -0.15) is 0 Å². The van der Waals surface area contributed by atoms with Crippen molar-refractivity contribution in [3.63, 3.8) is 0 Å². The second-order valence-electron chi connectivity index (χ2n) is 6.81. The van der Waals surface area contributed by atoms with Crippen LogP contribution in [-0.2, 0) is 12.3 Å². The lowest BCUT2D eigenvalue weighted by molar-refractivity contribution is 0.576. The lowest BCUT2D eigenvalue weighted by Crippen LogP contribution is -2.06. The Morgan fingerprint density at radius 3 is 2.77 bits per heavy atom. The lowest BCUT2D eigenvalue weighted by Gasteiger charge is -2.11. The van der Waals surface area contributed by atoms with Gasteiger partial charge >= 0.3 is 0 Å². The van der Waals surface area contributed by atoms with Crippen molar-refractivity contribution < 1.29 is 0 Å². The van der Waals surface area contributed by atoms with Crippen LogP contribution >= 0.6 is 23.1 Å². The Labute approximate surface area is 163 Å². The summed E-state index contributed by atoms with van der Waals surface area (Å²) >= 11 is 3.47. The van der Waals surface area contributed by atoms with Crippen molar-refractivity contribution in [2.75, 3.05) is 0 Å². The van der Waals surface area contributed by atoms with Crippen LogP contribution in [0.25, 0.3) is 10.6 Å². The van der Waals surface area contributed by atoms with Crippen LogP contribution in [0.4, 0.5) is 0 Å². The van der Waals surface area contributed by atoms with E-state index in [0.29, 0.717) is 5.92 Å². The zero-order chi connectivity index (χ0) is 17.9. The van der Waals surface area contributed by atoms with Crippen LogP contribution in [0.2, 0.25) is 0 Å². The molecule has 0 atom stereocenters. The van der Waals surface area contributed by atoms with Crippen molar-refractivity contribution in [2.45, 2.75) is 62.9 Å². The zero-order valence-corrected chi connectivity index (χ0v) is 16.9. The van der Waals surface area contributed by atoms with Gasteiger partial charge in [0, 0.05) is 29.2 Å². The van der Waals surface area contributed by atoms with Gasteiger partial charge in [-0.15, -0.1) is 21.5 Å². The lowest BCUT2D eigenvalue weighted by atomic mass is 10.1. The van der Waals surface area contributed by atoms with E-state index in [9.17, 15) is 0 Å². The number of nitrogens with zero attached hydrogens (tertiary/aromatic N) is 4. The molecular formula is C20H24N4S2. The molecule has 4 rings (SSSR count). The molecule has 1 saturated carbocycles. The van der Waals surface area contributed by atoms with Crippen molar-refractivity contribution in [1.82, 2.24) is 19.7 Å². The molecule has 0 radical (unpaired) electrons. The molecule has 136 valence electrons. The molecule has 0 aliphatic heterocycles. The standard InChI is InChI=1S/C20H24N4S2/c1-3-24-18(15-9-5-6-10-15)22-23-20(24)26-13-16-12-25-19(21-16)17-11-7-4-8-14(17)2/h4,7-8,11-12,15H,3,5-6,9-10,13H2,1-2H3. The van der Waals surface area contributed by atoms with Gasteiger partial charge in [0.25, 0.3) is 0 Å². The highest BCUT2D eigenvalue weighted by atomic mass is 32.2. The van der Waals surface area contributed by atoms with Gasteiger partial charge in [0.1, 0.15) is 10.8 Å². The Morgan fingerprint density at radius 1 is 1.19 bits per heavy atom. The molecule has 1 aliphatic rings. The highest BCUT2D eigenvalue weighted by Crippen LogP contribution is 2.35. The van der Waals surface area contributed by atoms with Crippen LogP contribution in [0.5, 0.6) is 0 Å². The van der Waals surface area contributed by atoms with E-state index in [1.165, 1.54) is 42.6 Å². The third kappa shape index (κ3) is 3.58. The maximum absolute atomic E-state index is 4.84. The minimum absolute atomic E-state index is 0.601. The van der Waals surface area contributed by atoms with E-state index in [1.807, 2.05) is 0 Å². The van der Waals surface area contributed by atoms with Crippen LogP contribution in [-0.4, -0.2) is 19.7 Å². The van der Waals surface area contributed by atoms with Gasteiger partial charge in [-0.3, -0.25) is 0 Å². The Kier molecular flexibility index (Phi) is 5.41. The normalized spacial score (nSPS) is 15.0. The van der Waals surface area contributed by atoms with E-state index in [0.717, 1.165) is 28.2 Å². The fourth-order valence-electron chi connectivity index (χ4n) is 3.64. The largest absolute Gasteiger partial charge is 0.306 e. The topological polar surface area (TPSA) is 43.6 Å². The van der Waals surface area contributed by atoms with E-state index in [2.05, 4.69) is 58.3 Å². The summed E-state index contributed by atoms with van der Waals surface area (Å²) in [5.74, 6) is 2.63. The van der Waals surface area contributed by atoms with E-state index in [4.69, 9.17) is 4.98 Å². The first-order chi connectivity index (χ1) is 12.8. The number of thioether (sulfide) groups is 1.